The molecule has 3 heteroatoms. The van der Waals surface area contributed by atoms with Crippen LogP contribution in [0.4, 0.5) is 0 Å². The van der Waals surface area contributed by atoms with E-state index in [9.17, 15) is 0 Å². The van der Waals surface area contributed by atoms with Gasteiger partial charge in [-0.2, -0.15) is 0 Å². The second-order valence-electron chi connectivity index (χ2n) is 2.85. The molecule has 0 aromatic heterocycles. The second kappa shape index (κ2) is 5.12. The van der Waals surface area contributed by atoms with E-state index in [1.165, 1.54) is 19.3 Å². The molecule has 2 atom stereocenters. The molecule has 0 aliphatic heterocycles. The Balaban J connectivity index is 2.05. The van der Waals surface area contributed by atoms with Gasteiger partial charge in [-0.05, 0) is 19.3 Å². The number of rotatable bonds is 4. The molecule has 0 amide bonds. The minimum Gasteiger partial charge on any atom is -0.382 e. The van der Waals surface area contributed by atoms with Crippen LogP contribution in [-0.2, 0) is 9.47 Å². The fourth-order valence-corrected chi connectivity index (χ4v) is 2.09. The Bertz CT molecular complexity index is 108. The van der Waals surface area contributed by atoms with Gasteiger partial charge in [0, 0.05) is 11.9 Å². The van der Waals surface area contributed by atoms with Crippen molar-refractivity contribution in [3.8, 4) is 0 Å². The molecule has 0 saturated heterocycles. The summed E-state index contributed by atoms with van der Waals surface area (Å²) in [7, 11) is 1.70. The van der Waals surface area contributed by atoms with Crippen LogP contribution < -0.4 is 0 Å². The van der Waals surface area contributed by atoms with E-state index in [1.54, 1.807) is 7.11 Å². The molecule has 0 N–H and O–H groups in total. The smallest absolute Gasteiger partial charge is 0.0704 e. The average molecular weight is 223 g/mol. The molecule has 1 saturated carbocycles. The number of alkyl halides is 1. The van der Waals surface area contributed by atoms with E-state index in [0.29, 0.717) is 17.5 Å². The molecule has 0 bridgehead atoms. The highest BCUT2D eigenvalue weighted by atomic mass is 79.9. The van der Waals surface area contributed by atoms with Gasteiger partial charge in [-0.15, -0.1) is 0 Å². The molecular weight excluding hydrogens is 208 g/mol. The summed E-state index contributed by atoms with van der Waals surface area (Å²) in [5, 5.41) is 0. The zero-order chi connectivity index (χ0) is 8.10. The lowest BCUT2D eigenvalue weighted by atomic mass is 10.3. The Kier molecular flexibility index (Phi) is 4.41. The predicted molar refractivity (Wildman–Crippen MR) is 48.2 cm³/mol. The van der Waals surface area contributed by atoms with Crippen molar-refractivity contribution in [1.82, 2.24) is 0 Å². The van der Waals surface area contributed by atoms with E-state index >= 15 is 0 Å². The molecule has 1 aliphatic carbocycles. The highest BCUT2D eigenvalue weighted by Crippen LogP contribution is 2.27. The van der Waals surface area contributed by atoms with Crippen LogP contribution in [0, 0.1) is 0 Å². The Morgan fingerprint density at radius 3 is 2.73 bits per heavy atom. The summed E-state index contributed by atoms with van der Waals surface area (Å²) in [4.78, 5) is 0.569. The van der Waals surface area contributed by atoms with Gasteiger partial charge in [-0.25, -0.2) is 0 Å². The third-order valence-corrected chi connectivity index (χ3v) is 3.04. The van der Waals surface area contributed by atoms with Gasteiger partial charge in [0.15, 0.2) is 0 Å². The monoisotopic (exact) mass is 222 g/mol. The molecule has 2 unspecified atom stereocenters. The van der Waals surface area contributed by atoms with Crippen LogP contribution >= 0.6 is 15.9 Å². The first kappa shape index (κ1) is 9.49. The van der Waals surface area contributed by atoms with Gasteiger partial charge < -0.3 is 9.47 Å². The number of halogens is 1. The van der Waals surface area contributed by atoms with Gasteiger partial charge in [-0.1, -0.05) is 15.9 Å². The van der Waals surface area contributed by atoms with Crippen molar-refractivity contribution in [3.05, 3.63) is 0 Å². The van der Waals surface area contributed by atoms with Crippen LogP contribution in [0.5, 0.6) is 0 Å². The molecule has 1 fully saturated rings. The Labute approximate surface area is 76.4 Å². The summed E-state index contributed by atoms with van der Waals surface area (Å²) < 4.78 is 10.5. The fraction of sp³-hybridized carbons (Fsp3) is 1.00. The summed E-state index contributed by atoms with van der Waals surface area (Å²) >= 11 is 3.59. The van der Waals surface area contributed by atoms with Crippen molar-refractivity contribution >= 4 is 15.9 Å². The first-order valence-electron chi connectivity index (χ1n) is 4.09. The van der Waals surface area contributed by atoms with Gasteiger partial charge in [0.2, 0.25) is 0 Å². The summed E-state index contributed by atoms with van der Waals surface area (Å²) in [5.74, 6) is 0. The molecule has 11 heavy (non-hydrogen) atoms. The van der Waals surface area contributed by atoms with Crippen LogP contribution in [0.1, 0.15) is 19.3 Å². The standard InChI is InChI=1S/C8H15BrO2/c1-10-5-6-11-8-4-2-3-7(8)9/h7-8H,2-6H2,1H3. The topological polar surface area (TPSA) is 18.5 Å². The molecule has 66 valence electrons. The van der Waals surface area contributed by atoms with E-state index in [2.05, 4.69) is 15.9 Å². The lowest BCUT2D eigenvalue weighted by molar-refractivity contribution is 0.0242. The third kappa shape index (κ3) is 3.09. The minimum absolute atomic E-state index is 0.421. The summed E-state index contributed by atoms with van der Waals surface area (Å²) in [6, 6.07) is 0. The maximum absolute atomic E-state index is 5.58. The Hall–Kier alpha value is 0.400. The van der Waals surface area contributed by atoms with Gasteiger partial charge in [0.05, 0.1) is 19.3 Å². The normalized spacial score (nSPS) is 31.1. The molecule has 0 radical (unpaired) electrons. The van der Waals surface area contributed by atoms with Gasteiger partial charge in [0.1, 0.15) is 0 Å². The first-order chi connectivity index (χ1) is 5.34. The van der Waals surface area contributed by atoms with Gasteiger partial charge in [0.25, 0.3) is 0 Å². The first-order valence-corrected chi connectivity index (χ1v) is 5.01. The van der Waals surface area contributed by atoms with Crippen molar-refractivity contribution in [2.75, 3.05) is 20.3 Å². The lowest BCUT2D eigenvalue weighted by Crippen LogP contribution is -2.19. The predicted octanol–water partition coefficient (Wildman–Crippen LogP) is 1.97. The molecule has 0 spiro atoms. The molecule has 0 aromatic rings. The summed E-state index contributed by atoms with van der Waals surface area (Å²) in [6.45, 7) is 1.43. The van der Waals surface area contributed by atoms with Crippen LogP contribution in [0.25, 0.3) is 0 Å². The molecule has 1 aliphatic rings. The Morgan fingerprint density at radius 2 is 2.18 bits per heavy atom. The van der Waals surface area contributed by atoms with Crippen molar-refractivity contribution in [2.24, 2.45) is 0 Å². The molecule has 0 aromatic carbocycles. The lowest BCUT2D eigenvalue weighted by Gasteiger charge is -2.14. The van der Waals surface area contributed by atoms with Crippen LogP contribution in [0.15, 0.2) is 0 Å². The van der Waals surface area contributed by atoms with E-state index in [1.807, 2.05) is 0 Å². The summed E-state index contributed by atoms with van der Waals surface area (Å²) in [6.07, 6.45) is 4.15. The quantitative estimate of drug-likeness (QED) is 0.535. The van der Waals surface area contributed by atoms with E-state index in [0.717, 1.165) is 6.61 Å². The maximum Gasteiger partial charge on any atom is 0.0704 e. The van der Waals surface area contributed by atoms with Gasteiger partial charge >= 0.3 is 0 Å². The Morgan fingerprint density at radius 1 is 1.36 bits per heavy atom. The van der Waals surface area contributed by atoms with E-state index < -0.39 is 0 Å². The van der Waals surface area contributed by atoms with E-state index in [4.69, 9.17) is 9.47 Å². The zero-order valence-electron chi connectivity index (χ0n) is 6.88. The minimum atomic E-state index is 0.421. The highest BCUT2D eigenvalue weighted by molar-refractivity contribution is 9.09. The average Bonchev–Trinajstić information content (AvgIpc) is 2.37. The van der Waals surface area contributed by atoms with E-state index in [-0.39, 0.29) is 0 Å². The van der Waals surface area contributed by atoms with Crippen LogP contribution in [-0.4, -0.2) is 31.3 Å². The molecule has 0 heterocycles. The van der Waals surface area contributed by atoms with Gasteiger partial charge in [-0.3, -0.25) is 0 Å². The molecular formula is C8H15BrO2. The van der Waals surface area contributed by atoms with Crippen molar-refractivity contribution in [2.45, 2.75) is 30.2 Å². The van der Waals surface area contributed by atoms with Crippen molar-refractivity contribution < 1.29 is 9.47 Å². The molecule has 1 rings (SSSR count). The number of methoxy groups -OCH3 is 1. The summed E-state index contributed by atoms with van der Waals surface area (Å²) in [5.41, 5.74) is 0. The van der Waals surface area contributed by atoms with Crippen LogP contribution in [0.2, 0.25) is 0 Å². The second-order valence-corrected chi connectivity index (χ2v) is 4.03. The van der Waals surface area contributed by atoms with Crippen molar-refractivity contribution in [3.63, 3.8) is 0 Å². The highest BCUT2D eigenvalue weighted by Gasteiger charge is 2.24. The number of hydrogen-bond acceptors (Lipinski definition) is 2. The SMILES string of the molecule is COCCOC1CCCC1Br. The third-order valence-electron chi connectivity index (χ3n) is 1.99. The van der Waals surface area contributed by atoms with Crippen LogP contribution in [0.3, 0.4) is 0 Å². The molecule has 2 nitrogen and oxygen atoms in total. The number of ether oxygens (including phenoxy) is 2. The van der Waals surface area contributed by atoms with Crippen molar-refractivity contribution in [1.29, 1.82) is 0 Å². The fourth-order valence-electron chi connectivity index (χ4n) is 1.35. The number of hydrogen-bond donors (Lipinski definition) is 0. The largest absolute Gasteiger partial charge is 0.382 e. The zero-order valence-corrected chi connectivity index (χ0v) is 8.47. The maximum atomic E-state index is 5.58.